The lowest BCUT2D eigenvalue weighted by atomic mass is 10.1. The molecule has 0 aliphatic heterocycles. The summed E-state index contributed by atoms with van der Waals surface area (Å²) in [5.41, 5.74) is 0. The first-order chi connectivity index (χ1) is 10.0. The first-order valence-electron chi connectivity index (χ1n) is 7.51. The molecule has 0 saturated heterocycles. The van der Waals surface area contributed by atoms with E-state index in [9.17, 15) is 8.42 Å². The molecule has 1 aromatic heterocycles. The molecule has 7 heteroatoms. The highest BCUT2D eigenvalue weighted by atomic mass is 79.9. The molecule has 1 aliphatic carbocycles. The molecule has 0 atom stereocenters. The summed E-state index contributed by atoms with van der Waals surface area (Å²) in [6.45, 7) is 4.00. The van der Waals surface area contributed by atoms with Crippen LogP contribution in [-0.2, 0) is 16.6 Å². The van der Waals surface area contributed by atoms with E-state index in [1.165, 1.54) is 12.8 Å². The predicted octanol–water partition coefficient (Wildman–Crippen LogP) is 3.01. The van der Waals surface area contributed by atoms with Gasteiger partial charge in [-0.2, -0.15) is 0 Å². The topological polar surface area (TPSA) is 71.3 Å². The van der Waals surface area contributed by atoms with Crippen LogP contribution in [0.3, 0.4) is 0 Å². The molecule has 21 heavy (non-hydrogen) atoms. The summed E-state index contributed by atoms with van der Waals surface area (Å²) in [5, 5.41) is 3.19. The van der Waals surface area contributed by atoms with Crippen molar-refractivity contribution in [2.45, 2.75) is 50.5 Å². The van der Waals surface area contributed by atoms with Crippen LogP contribution in [0.15, 0.2) is 20.0 Å². The molecule has 120 valence electrons. The Balaban J connectivity index is 1.97. The van der Waals surface area contributed by atoms with Gasteiger partial charge in [0.05, 0.1) is 6.54 Å². The van der Waals surface area contributed by atoms with Gasteiger partial charge >= 0.3 is 0 Å². The minimum atomic E-state index is -3.51. The fraction of sp³-hybridized carbons (Fsp3) is 0.714. The molecule has 0 radical (unpaired) electrons. The molecular weight excluding hydrogens is 356 g/mol. The number of halogens is 1. The minimum Gasteiger partial charge on any atom is -0.452 e. The largest absolute Gasteiger partial charge is 0.452 e. The summed E-state index contributed by atoms with van der Waals surface area (Å²) in [5.74, 6) is 1.09. The molecule has 2 rings (SSSR count). The fourth-order valence-electron chi connectivity index (χ4n) is 2.58. The molecule has 1 heterocycles. The molecule has 0 aromatic carbocycles. The van der Waals surface area contributed by atoms with Gasteiger partial charge in [0.1, 0.15) is 10.7 Å². The maximum absolute atomic E-state index is 12.3. The molecule has 0 bridgehead atoms. The Morgan fingerprint density at radius 1 is 1.38 bits per heavy atom. The highest BCUT2D eigenvalue weighted by Gasteiger charge is 2.24. The first kappa shape index (κ1) is 17.0. The second kappa shape index (κ2) is 7.76. The lowest BCUT2D eigenvalue weighted by Crippen LogP contribution is -2.28. The number of hydrogen-bond acceptors (Lipinski definition) is 4. The van der Waals surface area contributed by atoms with E-state index in [-0.39, 0.29) is 9.56 Å². The van der Waals surface area contributed by atoms with Gasteiger partial charge in [0.2, 0.25) is 10.0 Å². The number of hydrogen-bond donors (Lipinski definition) is 2. The van der Waals surface area contributed by atoms with Crippen molar-refractivity contribution in [1.82, 2.24) is 10.0 Å². The van der Waals surface area contributed by atoms with Crippen LogP contribution in [0.1, 0.15) is 44.8 Å². The van der Waals surface area contributed by atoms with Crippen LogP contribution in [0.4, 0.5) is 0 Å². The van der Waals surface area contributed by atoms with Gasteiger partial charge in [-0.1, -0.05) is 19.8 Å². The molecule has 5 nitrogen and oxygen atoms in total. The Kier molecular flexibility index (Phi) is 6.28. The van der Waals surface area contributed by atoms with E-state index in [4.69, 9.17) is 4.42 Å². The summed E-state index contributed by atoms with van der Waals surface area (Å²) >= 11 is 3.20. The maximum atomic E-state index is 12.3. The van der Waals surface area contributed by atoms with Gasteiger partial charge in [-0.05, 0) is 47.7 Å². The minimum absolute atomic E-state index is 0.189. The zero-order valence-corrected chi connectivity index (χ0v) is 14.7. The van der Waals surface area contributed by atoms with Crippen molar-refractivity contribution < 1.29 is 12.8 Å². The summed E-state index contributed by atoms with van der Waals surface area (Å²) in [7, 11) is -3.51. The van der Waals surface area contributed by atoms with Crippen molar-refractivity contribution in [2.24, 2.45) is 5.92 Å². The summed E-state index contributed by atoms with van der Waals surface area (Å²) in [4.78, 5) is 0.189. The molecule has 0 spiro atoms. The molecule has 1 saturated carbocycles. The summed E-state index contributed by atoms with van der Waals surface area (Å²) in [6, 6.07) is 1.59. The quantitative estimate of drug-likeness (QED) is 0.682. The van der Waals surface area contributed by atoms with Crippen molar-refractivity contribution in [3.05, 3.63) is 16.5 Å². The van der Waals surface area contributed by atoms with Gasteiger partial charge in [0, 0.05) is 12.6 Å². The fourth-order valence-corrected chi connectivity index (χ4v) is 4.69. The number of furan rings is 1. The number of rotatable bonds is 8. The summed E-state index contributed by atoms with van der Waals surface area (Å²) < 4.78 is 33.1. The first-order valence-corrected chi connectivity index (χ1v) is 9.79. The van der Waals surface area contributed by atoms with E-state index in [1.807, 2.05) is 0 Å². The Morgan fingerprint density at radius 3 is 2.76 bits per heavy atom. The standard InChI is InChI=1S/C14H23BrN2O3S/c1-2-7-16-10-12-8-13(14(15)20-12)21(18,19)17-9-11-5-3-4-6-11/h8,11,16-17H,2-7,9-10H2,1H3. The average molecular weight is 379 g/mol. The Morgan fingerprint density at radius 2 is 2.10 bits per heavy atom. The smallest absolute Gasteiger partial charge is 0.244 e. The van der Waals surface area contributed by atoms with Crippen LogP contribution in [0, 0.1) is 5.92 Å². The molecule has 0 amide bonds. The van der Waals surface area contributed by atoms with Gasteiger partial charge in [-0.3, -0.25) is 0 Å². The lowest BCUT2D eigenvalue weighted by Gasteiger charge is -2.10. The van der Waals surface area contributed by atoms with Gasteiger partial charge in [-0.15, -0.1) is 0 Å². The van der Waals surface area contributed by atoms with Crippen LogP contribution in [0.2, 0.25) is 0 Å². The molecule has 1 aliphatic rings. The van der Waals surface area contributed by atoms with E-state index in [0.717, 1.165) is 25.8 Å². The molecule has 0 unspecified atom stereocenters. The average Bonchev–Trinajstić information content (AvgIpc) is 3.07. The number of sulfonamides is 1. The predicted molar refractivity (Wildman–Crippen MR) is 85.6 cm³/mol. The van der Waals surface area contributed by atoms with Crippen LogP contribution in [0.5, 0.6) is 0 Å². The third kappa shape index (κ3) is 4.81. The molecule has 2 N–H and O–H groups in total. The third-order valence-corrected chi connectivity index (χ3v) is 6.04. The SMILES string of the molecule is CCCNCc1cc(S(=O)(=O)NCC2CCCC2)c(Br)o1. The van der Waals surface area contributed by atoms with Crippen molar-refractivity contribution >= 4 is 26.0 Å². The van der Waals surface area contributed by atoms with Crippen LogP contribution in [-0.4, -0.2) is 21.5 Å². The monoisotopic (exact) mass is 378 g/mol. The zero-order chi connectivity index (χ0) is 15.3. The Bertz CT molecular complexity index is 551. The normalized spacial score (nSPS) is 16.7. The third-order valence-electron chi connectivity index (χ3n) is 3.76. The van der Waals surface area contributed by atoms with E-state index >= 15 is 0 Å². The second-order valence-corrected chi connectivity index (χ2v) is 7.99. The van der Waals surface area contributed by atoms with Gasteiger partial charge in [0.25, 0.3) is 0 Å². The van der Waals surface area contributed by atoms with E-state index in [2.05, 4.69) is 32.9 Å². The van der Waals surface area contributed by atoms with E-state index in [1.54, 1.807) is 6.07 Å². The van der Waals surface area contributed by atoms with E-state index < -0.39 is 10.0 Å². The van der Waals surface area contributed by atoms with Crippen molar-refractivity contribution in [3.8, 4) is 0 Å². The Hall–Kier alpha value is -0.370. The molecule has 1 fully saturated rings. The summed E-state index contributed by atoms with van der Waals surface area (Å²) in [6.07, 6.45) is 5.66. The Labute approximate surface area is 135 Å². The van der Waals surface area contributed by atoms with Crippen LogP contribution < -0.4 is 10.0 Å². The zero-order valence-electron chi connectivity index (χ0n) is 12.3. The van der Waals surface area contributed by atoms with Crippen LogP contribution in [0.25, 0.3) is 0 Å². The van der Waals surface area contributed by atoms with Gasteiger partial charge in [-0.25, -0.2) is 13.1 Å². The highest BCUT2D eigenvalue weighted by molar-refractivity contribution is 9.10. The van der Waals surface area contributed by atoms with Gasteiger partial charge < -0.3 is 9.73 Å². The van der Waals surface area contributed by atoms with Crippen molar-refractivity contribution in [2.75, 3.05) is 13.1 Å². The number of nitrogens with one attached hydrogen (secondary N) is 2. The lowest BCUT2D eigenvalue weighted by molar-refractivity contribution is 0.460. The van der Waals surface area contributed by atoms with E-state index in [0.29, 0.717) is 24.8 Å². The molecule has 1 aromatic rings. The van der Waals surface area contributed by atoms with Crippen LogP contribution >= 0.6 is 15.9 Å². The molecular formula is C14H23BrN2O3S. The highest BCUT2D eigenvalue weighted by Crippen LogP contribution is 2.27. The maximum Gasteiger partial charge on any atom is 0.244 e. The van der Waals surface area contributed by atoms with Gasteiger partial charge in [0.15, 0.2) is 4.67 Å². The second-order valence-electron chi connectivity index (χ2n) is 5.53. The van der Waals surface area contributed by atoms with Crippen molar-refractivity contribution in [1.29, 1.82) is 0 Å². The van der Waals surface area contributed by atoms with Crippen molar-refractivity contribution in [3.63, 3.8) is 0 Å².